The van der Waals surface area contributed by atoms with Crippen LogP contribution in [0.4, 0.5) is 0 Å². The van der Waals surface area contributed by atoms with Gasteiger partial charge in [-0.3, -0.25) is 0 Å². The first-order chi connectivity index (χ1) is 14.7. The van der Waals surface area contributed by atoms with Crippen molar-refractivity contribution in [2.75, 3.05) is 0 Å². The average molecular weight is 387 g/mol. The van der Waals surface area contributed by atoms with E-state index in [1.54, 1.807) is 5.56 Å². The molecule has 0 amide bonds. The molecular formula is C30H26. The van der Waals surface area contributed by atoms with E-state index >= 15 is 0 Å². The number of rotatable bonds is 3. The maximum absolute atomic E-state index is 2.37. The molecule has 0 nitrogen and oxygen atoms in total. The van der Waals surface area contributed by atoms with E-state index < -0.39 is 0 Å². The van der Waals surface area contributed by atoms with Gasteiger partial charge in [-0.25, -0.2) is 0 Å². The number of benzene rings is 4. The van der Waals surface area contributed by atoms with Crippen LogP contribution in [-0.4, -0.2) is 0 Å². The largest absolute Gasteiger partial charge is 0.0619 e. The summed E-state index contributed by atoms with van der Waals surface area (Å²) < 4.78 is 0. The molecule has 0 aliphatic heterocycles. The summed E-state index contributed by atoms with van der Waals surface area (Å²) in [7, 11) is 0. The van der Waals surface area contributed by atoms with Crippen molar-refractivity contribution in [3.8, 4) is 22.3 Å². The molecule has 0 bridgehead atoms. The van der Waals surface area contributed by atoms with Gasteiger partial charge in [-0.1, -0.05) is 72.8 Å². The molecule has 0 radical (unpaired) electrons. The highest BCUT2D eigenvalue weighted by Gasteiger charge is 2.23. The van der Waals surface area contributed by atoms with Crippen LogP contribution in [0.3, 0.4) is 0 Å². The molecule has 30 heavy (non-hydrogen) atoms. The summed E-state index contributed by atoms with van der Waals surface area (Å²) in [5.74, 6) is 0. The predicted octanol–water partition coefficient (Wildman–Crippen LogP) is 7.23. The number of hydrogen-bond acceptors (Lipinski definition) is 0. The van der Waals surface area contributed by atoms with Crippen molar-refractivity contribution < 1.29 is 0 Å². The van der Waals surface area contributed by atoms with Gasteiger partial charge in [-0.15, -0.1) is 0 Å². The molecule has 4 aromatic carbocycles. The van der Waals surface area contributed by atoms with Gasteiger partial charge < -0.3 is 0 Å². The second-order valence-electron chi connectivity index (χ2n) is 8.94. The van der Waals surface area contributed by atoms with E-state index in [0.717, 1.165) is 25.7 Å². The fourth-order valence-electron chi connectivity index (χ4n) is 5.68. The van der Waals surface area contributed by atoms with E-state index in [1.807, 2.05) is 0 Å². The predicted molar refractivity (Wildman–Crippen MR) is 126 cm³/mol. The zero-order valence-corrected chi connectivity index (χ0v) is 17.8. The molecule has 0 atom stereocenters. The summed E-state index contributed by atoms with van der Waals surface area (Å²) >= 11 is 0. The molecule has 0 saturated heterocycles. The van der Waals surface area contributed by atoms with Gasteiger partial charge in [0.05, 0.1) is 0 Å². The first-order valence-electron chi connectivity index (χ1n) is 11.1. The maximum Gasteiger partial charge on any atom is -0.00106 e. The second-order valence-corrected chi connectivity index (χ2v) is 8.94. The van der Waals surface area contributed by atoms with E-state index in [2.05, 4.69) is 86.6 Å². The number of fused-ring (bicyclic) bond motifs is 6. The third-order valence-corrected chi connectivity index (χ3v) is 7.32. The molecule has 0 saturated carbocycles. The van der Waals surface area contributed by atoms with Gasteiger partial charge in [-0.2, -0.15) is 0 Å². The first kappa shape index (κ1) is 17.7. The summed E-state index contributed by atoms with van der Waals surface area (Å²) in [6, 6.07) is 27.2. The lowest BCUT2D eigenvalue weighted by atomic mass is 9.90. The molecule has 0 spiro atoms. The van der Waals surface area contributed by atoms with Gasteiger partial charge in [0.25, 0.3) is 0 Å². The van der Waals surface area contributed by atoms with Gasteiger partial charge in [0.1, 0.15) is 0 Å². The van der Waals surface area contributed by atoms with Crippen LogP contribution < -0.4 is 0 Å². The van der Waals surface area contributed by atoms with Crippen molar-refractivity contribution in [3.63, 3.8) is 0 Å². The van der Waals surface area contributed by atoms with Crippen molar-refractivity contribution >= 4 is 0 Å². The lowest BCUT2D eigenvalue weighted by Gasteiger charge is -2.14. The van der Waals surface area contributed by atoms with Crippen LogP contribution in [-0.2, 0) is 25.7 Å². The van der Waals surface area contributed by atoms with Crippen molar-refractivity contribution in [2.45, 2.75) is 39.5 Å². The Labute approximate surface area is 179 Å². The van der Waals surface area contributed by atoms with E-state index in [9.17, 15) is 0 Å². The molecule has 6 rings (SSSR count). The summed E-state index contributed by atoms with van der Waals surface area (Å²) in [6.45, 7) is 4.59. The Morgan fingerprint density at radius 2 is 1.20 bits per heavy atom. The molecular weight excluding hydrogens is 360 g/mol. The van der Waals surface area contributed by atoms with E-state index in [-0.39, 0.29) is 0 Å². The van der Waals surface area contributed by atoms with Crippen molar-refractivity contribution in [2.24, 2.45) is 0 Å². The van der Waals surface area contributed by atoms with Crippen LogP contribution in [0.25, 0.3) is 22.3 Å². The van der Waals surface area contributed by atoms with Crippen LogP contribution in [0.5, 0.6) is 0 Å². The van der Waals surface area contributed by atoms with Gasteiger partial charge in [0.2, 0.25) is 0 Å². The molecule has 0 unspecified atom stereocenters. The first-order valence-corrected chi connectivity index (χ1v) is 11.1. The molecule has 0 N–H and O–H groups in total. The third kappa shape index (κ3) is 2.60. The van der Waals surface area contributed by atoms with Gasteiger partial charge in [0.15, 0.2) is 0 Å². The van der Waals surface area contributed by atoms with E-state index in [1.165, 1.54) is 61.2 Å². The van der Waals surface area contributed by atoms with Crippen LogP contribution in [0, 0.1) is 13.8 Å². The molecule has 2 aliphatic carbocycles. The summed E-state index contributed by atoms with van der Waals surface area (Å²) in [5, 5.41) is 0. The van der Waals surface area contributed by atoms with Crippen LogP contribution in [0.1, 0.15) is 44.5 Å². The monoisotopic (exact) mass is 386 g/mol. The topological polar surface area (TPSA) is 0 Å². The van der Waals surface area contributed by atoms with Gasteiger partial charge in [0, 0.05) is 0 Å². The normalized spacial score (nSPS) is 13.0. The van der Waals surface area contributed by atoms with Crippen LogP contribution in [0.2, 0.25) is 0 Å². The highest BCUT2D eigenvalue weighted by atomic mass is 14.3. The lowest BCUT2D eigenvalue weighted by molar-refractivity contribution is 0.928. The quantitative estimate of drug-likeness (QED) is 0.301. The van der Waals surface area contributed by atoms with Crippen molar-refractivity contribution in [3.05, 3.63) is 117 Å². The molecule has 2 aliphatic rings. The zero-order valence-electron chi connectivity index (χ0n) is 17.8. The molecule has 0 aromatic heterocycles. The smallest absolute Gasteiger partial charge is 0.00106 e. The average Bonchev–Trinajstić information content (AvgIpc) is 3.34. The fourth-order valence-corrected chi connectivity index (χ4v) is 5.68. The van der Waals surface area contributed by atoms with E-state index in [0.29, 0.717) is 0 Å². The minimum Gasteiger partial charge on any atom is -0.0619 e. The summed E-state index contributed by atoms with van der Waals surface area (Å²) in [6.07, 6.45) is 4.39. The Morgan fingerprint density at radius 1 is 0.567 bits per heavy atom. The number of aryl methyl sites for hydroxylation is 3. The van der Waals surface area contributed by atoms with Crippen LogP contribution in [0.15, 0.2) is 72.8 Å². The van der Waals surface area contributed by atoms with Crippen LogP contribution >= 0.6 is 0 Å². The molecule has 146 valence electrons. The lowest BCUT2D eigenvalue weighted by Crippen LogP contribution is -2.01. The Hall–Kier alpha value is -3.12. The zero-order chi connectivity index (χ0) is 20.2. The van der Waals surface area contributed by atoms with Crippen molar-refractivity contribution in [1.29, 1.82) is 0 Å². The summed E-state index contributed by atoms with van der Waals surface area (Å²) in [4.78, 5) is 0. The fraction of sp³-hybridized carbons (Fsp3) is 0.200. The Balaban J connectivity index is 1.32. The Kier molecular flexibility index (Phi) is 3.96. The Bertz CT molecular complexity index is 1310. The minimum atomic E-state index is 1.08. The maximum atomic E-state index is 2.37. The highest BCUT2D eigenvalue weighted by molar-refractivity contribution is 5.81. The van der Waals surface area contributed by atoms with E-state index in [4.69, 9.17) is 0 Å². The Morgan fingerprint density at radius 3 is 2.03 bits per heavy atom. The minimum absolute atomic E-state index is 1.08. The standard InChI is InChI=1S/C30H26/c1-19-11-12-22(29-18-24-8-4-6-10-26(24)30(19)29)14-13-21-15-16-27-25-9-5-3-7-23(25)17-28(27)20(21)2/h3-12,15-16H,13-14,17-18H2,1-2H3. The SMILES string of the molecule is Cc1ccc(CCc2ccc3c(c2C)Cc2ccccc2-3)c2c1-c1ccccc1C2. The van der Waals surface area contributed by atoms with Gasteiger partial charge in [-0.05, 0) is 106 Å². The molecule has 0 heterocycles. The molecule has 0 heteroatoms. The highest BCUT2D eigenvalue weighted by Crippen LogP contribution is 2.42. The molecule has 4 aromatic rings. The van der Waals surface area contributed by atoms with Crippen molar-refractivity contribution in [1.82, 2.24) is 0 Å². The third-order valence-electron chi connectivity index (χ3n) is 7.32. The summed E-state index contributed by atoms with van der Waals surface area (Å²) in [5.41, 5.74) is 17.8. The molecule has 0 fully saturated rings. The van der Waals surface area contributed by atoms with Gasteiger partial charge >= 0.3 is 0 Å². The second kappa shape index (κ2) is 6.71. The number of hydrogen-bond donors (Lipinski definition) is 0.